The first kappa shape index (κ1) is 33.5. The van der Waals surface area contributed by atoms with Gasteiger partial charge in [-0.05, 0) is 129 Å². The molecule has 260 valence electrons. The van der Waals surface area contributed by atoms with Crippen LogP contribution in [0.3, 0.4) is 0 Å². The minimum Gasteiger partial charge on any atom is -0.264 e. The molecule has 9 rings (SSSR count). The van der Waals surface area contributed by atoms with Crippen LogP contribution in [0.2, 0.25) is 0 Å². The first-order chi connectivity index (χ1) is 27.1. The number of fused-ring (bicyclic) bond motifs is 2. The lowest BCUT2D eigenvalue weighted by atomic mass is 9.87. The highest BCUT2D eigenvalue weighted by atomic mass is 14.8. The van der Waals surface area contributed by atoms with Crippen LogP contribution in [0.4, 0.5) is 0 Å². The third-order valence-electron chi connectivity index (χ3n) is 10.1. The number of benzene rings is 5. The van der Waals surface area contributed by atoms with Gasteiger partial charge in [0.05, 0.1) is 22.8 Å². The van der Waals surface area contributed by atoms with E-state index in [1.807, 2.05) is 67.3 Å². The van der Waals surface area contributed by atoms with Gasteiger partial charge in [-0.1, -0.05) is 79.4 Å². The minimum absolute atomic E-state index is 0.597. The van der Waals surface area contributed by atoms with Crippen molar-refractivity contribution in [3.63, 3.8) is 0 Å². The molecule has 0 fully saturated rings. The topological polar surface area (TPSA) is 63.9 Å². The molecule has 0 aliphatic rings. The van der Waals surface area contributed by atoms with E-state index in [4.69, 9.17) is 15.0 Å². The molecule has 0 aliphatic heterocycles. The average molecular weight is 706 g/mol. The van der Waals surface area contributed by atoms with Crippen molar-refractivity contribution < 1.29 is 0 Å². The van der Waals surface area contributed by atoms with Crippen LogP contribution in [0, 0.1) is 6.92 Å². The molecule has 0 unspecified atom stereocenters. The highest BCUT2D eigenvalue weighted by molar-refractivity contribution is 6.17. The fraction of sp³-hybridized carbons (Fsp3) is 0.0200. The Balaban J connectivity index is 1.23. The van der Waals surface area contributed by atoms with Crippen molar-refractivity contribution in [1.29, 1.82) is 0 Å². The van der Waals surface area contributed by atoms with Crippen molar-refractivity contribution >= 4 is 33.0 Å². The summed E-state index contributed by atoms with van der Waals surface area (Å²) in [7, 11) is 0. The molecule has 5 heteroatoms. The molecule has 5 nitrogen and oxygen atoms in total. The molecule has 0 radical (unpaired) electrons. The van der Waals surface area contributed by atoms with Gasteiger partial charge >= 0.3 is 0 Å². The van der Waals surface area contributed by atoms with Crippen LogP contribution in [-0.4, -0.2) is 25.6 Å². The van der Waals surface area contributed by atoms with Crippen molar-refractivity contribution in [3.05, 3.63) is 212 Å². The lowest BCUT2D eigenvalue weighted by molar-refractivity contribution is 1.26. The van der Waals surface area contributed by atoms with E-state index in [-0.39, 0.29) is 0 Å². The normalized spacial score (nSPS) is 11.5. The van der Waals surface area contributed by atoms with Gasteiger partial charge in [-0.25, -0.2) is 4.99 Å². The van der Waals surface area contributed by atoms with Gasteiger partial charge in [-0.2, -0.15) is 0 Å². The molecule has 0 amide bonds. The number of rotatable bonds is 8. The van der Waals surface area contributed by atoms with E-state index >= 15 is 0 Å². The van der Waals surface area contributed by atoms with Gasteiger partial charge in [0.2, 0.25) is 0 Å². The summed E-state index contributed by atoms with van der Waals surface area (Å²) in [5, 5.41) is 4.79. The Morgan fingerprint density at radius 3 is 1.60 bits per heavy atom. The van der Waals surface area contributed by atoms with E-state index in [9.17, 15) is 0 Å². The standard InChI is InChI=1S/C50H35N5/c1-33-46(40-18-16-36-10-4-6-12-38(36)26-40)27-45(39-17-15-35-9-3-5-11-37(35)25-39)28-47(33)50(44-20-22-49(54-32-44)43-14-8-24-52-30-43)55-34(2)41-19-21-48(53-31-41)42-13-7-23-51-29-42/h3-32H,2H2,1H3/b55-50-. The van der Waals surface area contributed by atoms with Crippen LogP contribution in [0.1, 0.15) is 22.3 Å². The van der Waals surface area contributed by atoms with E-state index in [0.717, 1.165) is 72.7 Å². The van der Waals surface area contributed by atoms with Gasteiger partial charge in [0.1, 0.15) is 0 Å². The van der Waals surface area contributed by atoms with Crippen LogP contribution >= 0.6 is 0 Å². The van der Waals surface area contributed by atoms with E-state index < -0.39 is 0 Å². The molecule has 55 heavy (non-hydrogen) atoms. The Morgan fingerprint density at radius 1 is 0.473 bits per heavy atom. The van der Waals surface area contributed by atoms with E-state index in [1.165, 1.54) is 21.5 Å². The van der Waals surface area contributed by atoms with Gasteiger partial charge in [0.15, 0.2) is 0 Å². The van der Waals surface area contributed by atoms with Gasteiger partial charge < -0.3 is 0 Å². The molecule has 0 spiro atoms. The number of hydrogen-bond acceptors (Lipinski definition) is 5. The number of aromatic nitrogens is 4. The summed E-state index contributed by atoms with van der Waals surface area (Å²) in [6.45, 7) is 6.66. The maximum absolute atomic E-state index is 5.34. The Labute approximate surface area is 320 Å². The quantitative estimate of drug-likeness (QED) is 0.148. The summed E-state index contributed by atoms with van der Waals surface area (Å²) in [6, 6.07) is 50.9. The number of nitrogens with zero attached hydrogens (tertiary/aromatic N) is 5. The second-order valence-corrected chi connectivity index (χ2v) is 13.6. The summed E-state index contributed by atoms with van der Waals surface area (Å²) in [5.74, 6) is 0. The van der Waals surface area contributed by atoms with Crippen molar-refractivity contribution in [2.24, 2.45) is 4.99 Å². The Hall–Kier alpha value is -7.37. The van der Waals surface area contributed by atoms with Crippen LogP contribution in [0.15, 0.2) is 194 Å². The summed E-state index contributed by atoms with van der Waals surface area (Å²) in [5.41, 5.74) is 13.2. The summed E-state index contributed by atoms with van der Waals surface area (Å²) in [4.78, 5) is 23.6. The second-order valence-electron chi connectivity index (χ2n) is 13.6. The predicted molar refractivity (Wildman–Crippen MR) is 227 cm³/mol. The summed E-state index contributed by atoms with van der Waals surface area (Å²) < 4.78 is 0. The molecule has 0 bridgehead atoms. The summed E-state index contributed by atoms with van der Waals surface area (Å²) in [6.07, 6.45) is 10.9. The maximum Gasteiger partial charge on any atom is 0.0800 e. The Morgan fingerprint density at radius 2 is 1.04 bits per heavy atom. The molecule has 4 aromatic heterocycles. The van der Waals surface area contributed by atoms with Crippen molar-refractivity contribution in [2.45, 2.75) is 6.92 Å². The monoisotopic (exact) mass is 705 g/mol. The zero-order chi connectivity index (χ0) is 37.1. The highest BCUT2D eigenvalue weighted by Crippen LogP contribution is 2.36. The molecule has 9 aromatic rings. The first-order valence-corrected chi connectivity index (χ1v) is 18.2. The predicted octanol–water partition coefficient (Wildman–Crippen LogP) is 12.1. The van der Waals surface area contributed by atoms with Gasteiger partial charge in [-0.15, -0.1) is 0 Å². The number of aliphatic imine (C=N–C) groups is 1. The molecule has 0 saturated carbocycles. The maximum atomic E-state index is 5.34. The molecule has 0 aliphatic carbocycles. The third kappa shape index (κ3) is 6.83. The zero-order valence-electron chi connectivity index (χ0n) is 30.3. The van der Waals surface area contributed by atoms with Crippen LogP contribution in [0.25, 0.3) is 72.0 Å². The second kappa shape index (κ2) is 14.6. The van der Waals surface area contributed by atoms with Crippen LogP contribution in [0.5, 0.6) is 0 Å². The number of hydrogen-bond donors (Lipinski definition) is 0. The lowest BCUT2D eigenvalue weighted by Crippen LogP contribution is -2.09. The SMILES string of the molecule is C=C(/N=C(/c1ccc(-c2cccnc2)nc1)c1cc(-c2ccc3ccccc3c2)cc(-c2ccc3ccccc3c2)c1C)c1ccc(-c2cccnc2)nc1. The average Bonchev–Trinajstić information content (AvgIpc) is 3.26. The highest BCUT2D eigenvalue weighted by Gasteiger charge is 2.19. The summed E-state index contributed by atoms with van der Waals surface area (Å²) >= 11 is 0. The Bertz CT molecular complexity index is 2860. The van der Waals surface area contributed by atoms with Crippen LogP contribution < -0.4 is 0 Å². The van der Waals surface area contributed by atoms with Crippen molar-refractivity contribution in [2.75, 3.05) is 0 Å². The first-order valence-electron chi connectivity index (χ1n) is 18.2. The molecule has 0 N–H and O–H groups in total. The minimum atomic E-state index is 0.597. The largest absolute Gasteiger partial charge is 0.264 e. The molecule has 0 atom stereocenters. The third-order valence-corrected chi connectivity index (χ3v) is 10.1. The van der Waals surface area contributed by atoms with Gasteiger partial charge in [0.25, 0.3) is 0 Å². The Kier molecular flexibility index (Phi) is 8.87. The van der Waals surface area contributed by atoms with E-state index in [0.29, 0.717) is 5.70 Å². The molecule has 5 aromatic carbocycles. The molecular weight excluding hydrogens is 671 g/mol. The molecule has 4 heterocycles. The van der Waals surface area contributed by atoms with Crippen LogP contribution in [-0.2, 0) is 0 Å². The lowest BCUT2D eigenvalue weighted by Gasteiger charge is -2.18. The van der Waals surface area contributed by atoms with Crippen molar-refractivity contribution in [1.82, 2.24) is 19.9 Å². The van der Waals surface area contributed by atoms with Gasteiger partial charge in [-0.3, -0.25) is 19.9 Å². The fourth-order valence-electron chi connectivity index (χ4n) is 7.10. The smallest absolute Gasteiger partial charge is 0.0800 e. The molecule has 0 saturated heterocycles. The van der Waals surface area contributed by atoms with Crippen molar-refractivity contribution in [3.8, 4) is 44.8 Å². The fourth-order valence-corrected chi connectivity index (χ4v) is 7.10. The number of pyridine rings is 4. The zero-order valence-corrected chi connectivity index (χ0v) is 30.3. The van der Waals surface area contributed by atoms with Gasteiger partial charge in [0, 0.05) is 65.0 Å². The van der Waals surface area contributed by atoms with E-state index in [2.05, 4.69) is 127 Å². The van der Waals surface area contributed by atoms with E-state index in [1.54, 1.807) is 12.4 Å². The molecular formula is C50H35N5.